The minimum Gasteiger partial charge on any atom is -0.128 e. The number of rotatable bonds is 5. The van der Waals surface area contributed by atoms with Gasteiger partial charge in [0.2, 0.25) is 0 Å². The first-order chi connectivity index (χ1) is 7.79. The summed E-state index contributed by atoms with van der Waals surface area (Å²) in [6.07, 6.45) is 1.25. The molecule has 1 rings (SSSR count). The molecule has 0 bridgehead atoms. The molecule has 0 aliphatic carbocycles. The zero-order valence-corrected chi connectivity index (χ0v) is 14.3. The molecule has 0 atom stereocenters. The van der Waals surface area contributed by atoms with E-state index in [2.05, 4.69) is 80.2 Å². The molecule has 0 fully saturated rings. The normalized spacial score (nSPS) is 13.1. The number of hydrogen-bond acceptors (Lipinski definition) is 0. The summed E-state index contributed by atoms with van der Waals surface area (Å²) in [5.41, 5.74) is 1.90. The van der Waals surface area contributed by atoms with Gasteiger partial charge in [0.1, 0.15) is 7.42 Å². The number of hydrogen-bond donors (Lipinski definition) is 0. The van der Waals surface area contributed by atoms with Gasteiger partial charge < -0.3 is 0 Å². The predicted molar refractivity (Wildman–Crippen MR) is 83.0 cm³/mol. The van der Waals surface area contributed by atoms with Crippen molar-refractivity contribution in [3.05, 3.63) is 35.9 Å². The quantitative estimate of drug-likeness (QED) is 0.509. The maximum absolute atomic E-state index is 4.01. The molecule has 1 radical (unpaired) electrons. The van der Waals surface area contributed by atoms with Crippen molar-refractivity contribution >= 4 is 22.7 Å². The molecule has 1 aromatic rings. The van der Waals surface area contributed by atoms with E-state index in [1.807, 2.05) is 0 Å². The Labute approximate surface area is 116 Å². The van der Waals surface area contributed by atoms with E-state index in [0.29, 0.717) is 5.41 Å². The van der Waals surface area contributed by atoms with Crippen molar-refractivity contribution in [1.82, 2.24) is 0 Å². The van der Waals surface area contributed by atoms with Crippen LogP contribution in [0, 0.1) is 5.41 Å². The fourth-order valence-electron chi connectivity index (χ4n) is 1.78. The van der Waals surface area contributed by atoms with Crippen molar-refractivity contribution < 1.29 is 0 Å². The van der Waals surface area contributed by atoms with E-state index in [1.54, 1.807) is 0 Å². The largest absolute Gasteiger partial charge is 0.146 e. The van der Waals surface area contributed by atoms with Crippen LogP contribution < -0.4 is 0 Å². The van der Waals surface area contributed by atoms with E-state index in [9.17, 15) is 0 Å². The Kier molecular flexibility index (Phi) is 5.03. The molecule has 0 aliphatic rings. The monoisotopic (exact) mass is 311 g/mol. The lowest BCUT2D eigenvalue weighted by molar-refractivity contribution is 0.392. The van der Waals surface area contributed by atoms with Crippen LogP contribution in [-0.2, 0) is 5.04 Å². The van der Waals surface area contributed by atoms with Gasteiger partial charge >= 0.3 is 0 Å². The number of halogens is 1. The van der Waals surface area contributed by atoms with Crippen LogP contribution in [-0.4, -0.2) is 7.42 Å². The SMILES string of the molecule is CCC(C)(C)C[Si](Br)C(C)(C)c1ccccc1. The third-order valence-corrected chi connectivity index (χ3v) is 10.5. The average Bonchev–Trinajstić information content (AvgIpc) is 2.29. The van der Waals surface area contributed by atoms with Gasteiger partial charge in [-0.2, -0.15) is 0 Å². The van der Waals surface area contributed by atoms with Crippen molar-refractivity contribution in [2.45, 2.75) is 52.1 Å². The van der Waals surface area contributed by atoms with Crippen LogP contribution in [0.5, 0.6) is 0 Å². The summed E-state index contributed by atoms with van der Waals surface area (Å²) in [4.78, 5) is 0. The van der Waals surface area contributed by atoms with Gasteiger partial charge in [0.15, 0.2) is 0 Å². The lowest BCUT2D eigenvalue weighted by atomic mass is 9.93. The minimum atomic E-state index is -0.575. The lowest BCUT2D eigenvalue weighted by Gasteiger charge is -2.34. The van der Waals surface area contributed by atoms with E-state index in [4.69, 9.17) is 0 Å². The molecule has 1 aromatic carbocycles. The van der Waals surface area contributed by atoms with Gasteiger partial charge in [0.05, 0.1) is 0 Å². The molecular formula is C15H24BrSi. The summed E-state index contributed by atoms with van der Waals surface area (Å²) < 4.78 is 0. The van der Waals surface area contributed by atoms with Crippen molar-refractivity contribution in [1.29, 1.82) is 0 Å². The fraction of sp³-hybridized carbons (Fsp3) is 0.600. The summed E-state index contributed by atoms with van der Waals surface area (Å²) >= 11 is 4.01. The van der Waals surface area contributed by atoms with E-state index < -0.39 is 7.42 Å². The molecule has 0 saturated carbocycles. The van der Waals surface area contributed by atoms with E-state index in [0.717, 1.165) is 0 Å². The molecule has 0 aromatic heterocycles. The zero-order valence-electron chi connectivity index (χ0n) is 11.7. The molecule has 0 spiro atoms. The number of benzene rings is 1. The summed E-state index contributed by atoms with van der Waals surface area (Å²) in [6, 6.07) is 12.2. The molecule has 0 nitrogen and oxygen atoms in total. The molecule has 0 unspecified atom stereocenters. The first-order valence-electron chi connectivity index (χ1n) is 6.37. The molecule has 2 heteroatoms. The highest BCUT2D eigenvalue weighted by molar-refractivity contribution is 9.24. The van der Waals surface area contributed by atoms with Gasteiger partial charge in [-0.05, 0) is 22.1 Å². The molecule has 95 valence electrons. The molecule has 0 heterocycles. The molecule has 0 amide bonds. The second-order valence-electron chi connectivity index (χ2n) is 6.09. The van der Waals surface area contributed by atoms with E-state index >= 15 is 0 Å². The third kappa shape index (κ3) is 3.96. The maximum atomic E-state index is 4.01. The van der Waals surface area contributed by atoms with Crippen molar-refractivity contribution in [3.8, 4) is 0 Å². The van der Waals surface area contributed by atoms with Crippen LogP contribution in [0.2, 0.25) is 6.04 Å². The molecule has 0 N–H and O–H groups in total. The van der Waals surface area contributed by atoms with E-state index in [-0.39, 0.29) is 5.04 Å². The summed E-state index contributed by atoms with van der Waals surface area (Å²) in [5, 5.41) is 0.276. The molecular weight excluding hydrogens is 288 g/mol. The Balaban J connectivity index is 2.84. The Morgan fingerprint density at radius 3 is 2.06 bits per heavy atom. The first-order valence-corrected chi connectivity index (χ1v) is 10.3. The summed E-state index contributed by atoms with van der Waals surface area (Å²) in [5.74, 6) is 0. The van der Waals surface area contributed by atoms with Crippen molar-refractivity contribution in [2.24, 2.45) is 5.41 Å². The van der Waals surface area contributed by atoms with Crippen molar-refractivity contribution in [2.75, 3.05) is 0 Å². The first kappa shape index (κ1) is 15.0. The Bertz CT molecular complexity index is 343. The smallest absolute Gasteiger partial charge is 0.128 e. The second kappa shape index (κ2) is 5.70. The van der Waals surface area contributed by atoms with E-state index in [1.165, 1.54) is 18.0 Å². The standard InChI is InChI=1S/C15H24BrSi/c1-6-14(2,3)12-17(16)15(4,5)13-10-8-7-9-11-13/h7-11H,6,12H2,1-5H3. The highest BCUT2D eigenvalue weighted by atomic mass is 79.9. The summed E-state index contributed by atoms with van der Waals surface area (Å²) in [7, 11) is -0.575. The topological polar surface area (TPSA) is 0 Å². The van der Waals surface area contributed by atoms with Crippen LogP contribution in [0.4, 0.5) is 0 Å². The lowest BCUT2D eigenvalue weighted by Crippen LogP contribution is -2.36. The highest BCUT2D eigenvalue weighted by Crippen LogP contribution is 2.37. The molecule has 17 heavy (non-hydrogen) atoms. The molecule has 0 aliphatic heterocycles. The van der Waals surface area contributed by atoms with Gasteiger partial charge in [-0.3, -0.25) is 0 Å². The molecule has 0 saturated heterocycles. The summed E-state index contributed by atoms with van der Waals surface area (Å²) in [6.45, 7) is 11.8. The van der Waals surface area contributed by atoms with Crippen LogP contribution in [0.25, 0.3) is 0 Å². The van der Waals surface area contributed by atoms with Crippen LogP contribution >= 0.6 is 15.3 Å². The third-order valence-electron chi connectivity index (χ3n) is 3.76. The Hall–Kier alpha value is -0.0831. The van der Waals surface area contributed by atoms with Gasteiger partial charge in [-0.1, -0.05) is 71.4 Å². The van der Waals surface area contributed by atoms with Gasteiger partial charge in [-0.15, -0.1) is 15.3 Å². The maximum Gasteiger partial charge on any atom is 0.146 e. The van der Waals surface area contributed by atoms with Gasteiger partial charge in [0, 0.05) is 0 Å². The van der Waals surface area contributed by atoms with Gasteiger partial charge in [0.25, 0.3) is 0 Å². The Morgan fingerprint density at radius 2 is 1.59 bits per heavy atom. The fourth-order valence-corrected chi connectivity index (χ4v) is 6.75. The zero-order chi connectivity index (χ0) is 13.1. The second-order valence-corrected chi connectivity index (χ2v) is 11.4. The highest BCUT2D eigenvalue weighted by Gasteiger charge is 2.35. The van der Waals surface area contributed by atoms with Crippen LogP contribution in [0.15, 0.2) is 30.3 Å². The van der Waals surface area contributed by atoms with Crippen LogP contribution in [0.1, 0.15) is 46.6 Å². The Morgan fingerprint density at radius 1 is 1.06 bits per heavy atom. The van der Waals surface area contributed by atoms with Gasteiger partial charge in [-0.25, -0.2) is 0 Å². The van der Waals surface area contributed by atoms with Crippen molar-refractivity contribution in [3.63, 3.8) is 0 Å². The van der Waals surface area contributed by atoms with Crippen LogP contribution in [0.3, 0.4) is 0 Å². The minimum absolute atomic E-state index is 0.276. The average molecular weight is 312 g/mol. The predicted octanol–water partition coefficient (Wildman–Crippen LogP) is 5.33.